The lowest BCUT2D eigenvalue weighted by molar-refractivity contribution is 1.24. The molecule has 0 N–H and O–H groups in total. The Balaban J connectivity index is 2.91. The topological polar surface area (TPSA) is 38.7 Å². The van der Waals surface area contributed by atoms with Crippen LogP contribution in [0, 0.1) is 0 Å². The van der Waals surface area contributed by atoms with Crippen LogP contribution in [-0.2, 0) is 0 Å². The molecule has 0 radical (unpaired) electrons. The van der Waals surface area contributed by atoms with Crippen molar-refractivity contribution in [3.8, 4) is 0 Å². The van der Waals surface area contributed by atoms with Crippen molar-refractivity contribution in [3.63, 3.8) is 0 Å². The first-order valence-corrected chi connectivity index (χ1v) is 3.82. The molecule has 0 aromatic carbocycles. The molecule has 2 heterocycles. The second-order valence-electron chi connectivity index (χ2n) is 2.79. The van der Waals surface area contributed by atoms with Gasteiger partial charge < -0.3 is 0 Å². The zero-order valence-corrected chi connectivity index (χ0v) is 7.07. The molecule has 0 aliphatic rings. The quantitative estimate of drug-likeness (QED) is 0.396. The number of hydrogen-bond donors (Lipinski definition) is 0. The molecule has 0 amide bonds. The minimum absolute atomic E-state index is 0.723. The summed E-state index contributed by atoms with van der Waals surface area (Å²) in [5.74, 6) is 0. The minimum Gasteiger partial charge on any atom is -0.252 e. The lowest BCUT2D eigenvalue weighted by Gasteiger charge is -2.01. The fourth-order valence-electron chi connectivity index (χ4n) is 1.13. The van der Waals surface area contributed by atoms with Crippen LogP contribution in [0.2, 0.25) is 0 Å². The van der Waals surface area contributed by atoms with Crippen LogP contribution in [0.25, 0.3) is 11.2 Å². The molecular formula is C7H7B2N3. The zero-order valence-electron chi connectivity index (χ0n) is 7.07. The van der Waals surface area contributed by atoms with Gasteiger partial charge in [-0.15, -0.1) is 0 Å². The van der Waals surface area contributed by atoms with E-state index in [9.17, 15) is 0 Å². The molecular weight excluding hydrogens is 148 g/mol. The van der Waals surface area contributed by atoms with E-state index < -0.39 is 0 Å². The lowest BCUT2D eigenvalue weighted by atomic mass is 9.81. The van der Waals surface area contributed by atoms with E-state index in [4.69, 9.17) is 0 Å². The predicted molar refractivity (Wildman–Crippen MR) is 53.7 cm³/mol. The van der Waals surface area contributed by atoms with Crippen molar-refractivity contribution in [2.24, 2.45) is 0 Å². The van der Waals surface area contributed by atoms with E-state index in [2.05, 4.69) is 15.0 Å². The summed E-state index contributed by atoms with van der Waals surface area (Å²) in [5, 5.41) is 0. The SMILES string of the molecule is Bc1cnc2nccnc2c1B. The Kier molecular flexibility index (Phi) is 1.57. The second kappa shape index (κ2) is 2.59. The highest BCUT2D eigenvalue weighted by atomic mass is 14.9. The monoisotopic (exact) mass is 155 g/mol. The minimum atomic E-state index is 0.723. The standard InChI is InChI=1S/C7H7B2N3/c8-4-3-12-7-6(5(4)9)10-1-2-11-7/h1-3H,8-9H2. The fraction of sp³-hybridized carbons (Fsp3) is 0. The Morgan fingerprint density at radius 3 is 2.58 bits per heavy atom. The molecule has 0 spiro atoms. The molecule has 0 saturated heterocycles. The fourth-order valence-corrected chi connectivity index (χ4v) is 1.13. The Morgan fingerprint density at radius 1 is 1.00 bits per heavy atom. The maximum atomic E-state index is 4.22. The van der Waals surface area contributed by atoms with E-state index in [1.54, 1.807) is 12.4 Å². The lowest BCUT2D eigenvalue weighted by Crippen LogP contribution is -2.27. The van der Waals surface area contributed by atoms with E-state index >= 15 is 0 Å². The number of hydrogen-bond acceptors (Lipinski definition) is 3. The van der Waals surface area contributed by atoms with Gasteiger partial charge >= 0.3 is 0 Å². The van der Waals surface area contributed by atoms with Crippen molar-refractivity contribution in [2.45, 2.75) is 0 Å². The molecule has 12 heavy (non-hydrogen) atoms. The van der Waals surface area contributed by atoms with Crippen molar-refractivity contribution in [2.75, 3.05) is 0 Å². The Hall–Kier alpha value is -1.38. The molecule has 56 valence electrons. The third-order valence-electron chi connectivity index (χ3n) is 2.01. The van der Waals surface area contributed by atoms with Crippen molar-refractivity contribution in [1.82, 2.24) is 15.0 Å². The summed E-state index contributed by atoms with van der Waals surface area (Å²) in [6, 6.07) is 0. The molecule has 3 nitrogen and oxygen atoms in total. The third-order valence-corrected chi connectivity index (χ3v) is 2.01. The summed E-state index contributed by atoms with van der Waals surface area (Å²) in [7, 11) is 4.06. The Labute approximate surface area is 72.1 Å². The Bertz CT molecular complexity index is 430. The van der Waals surface area contributed by atoms with Crippen LogP contribution in [-0.4, -0.2) is 30.6 Å². The summed E-state index contributed by atoms with van der Waals surface area (Å²) in [6.07, 6.45) is 5.17. The van der Waals surface area contributed by atoms with E-state index in [1.807, 2.05) is 21.9 Å². The number of aromatic nitrogens is 3. The third kappa shape index (κ3) is 0.978. The van der Waals surface area contributed by atoms with Crippen LogP contribution in [0.3, 0.4) is 0 Å². The highest BCUT2D eigenvalue weighted by Gasteiger charge is 2.01. The van der Waals surface area contributed by atoms with E-state index in [0.29, 0.717) is 0 Å². The predicted octanol–water partition coefficient (Wildman–Crippen LogP) is -2.46. The van der Waals surface area contributed by atoms with Gasteiger partial charge in [0.2, 0.25) is 0 Å². The normalized spacial score (nSPS) is 10.3. The second-order valence-corrected chi connectivity index (χ2v) is 2.79. The van der Waals surface area contributed by atoms with Crippen molar-refractivity contribution in [3.05, 3.63) is 18.6 Å². The number of rotatable bonds is 0. The molecule has 2 aromatic heterocycles. The summed E-state index contributed by atoms with van der Waals surface area (Å²) in [6.45, 7) is 0. The molecule has 0 fully saturated rings. The van der Waals surface area contributed by atoms with Crippen LogP contribution in [0.1, 0.15) is 0 Å². The van der Waals surface area contributed by atoms with Crippen LogP contribution >= 0.6 is 0 Å². The molecule has 0 aliphatic heterocycles. The van der Waals surface area contributed by atoms with Gasteiger partial charge in [-0.05, 0) is 0 Å². The Morgan fingerprint density at radius 2 is 1.75 bits per heavy atom. The smallest absolute Gasteiger partial charge is 0.177 e. The molecule has 5 heteroatoms. The van der Waals surface area contributed by atoms with Gasteiger partial charge in [0.25, 0.3) is 0 Å². The van der Waals surface area contributed by atoms with Gasteiger partial charge in [-0.3, -0.25) is 4.98 Å². The van der Waals surface area contributed by atoms with Gasteiger partial charge in [-0.25, -0.2) is 9.97 Å². The number of pyridine rings is 1. The van der Waals surface area contributed by atoms with E-state index in [-0.39, 0.29) is 0 Å². The number of fused-ring (bicyclic) bond motifs is 1. The number of nitrogens with zero attached hydrogens (tertiary/aromatic N) is 3. The van der Waals surface area contributed by atoms with Gasteiger partial charge in [-0.2, -0.15) is 0 Å². The van der Waals surface area contributed by atoms with Crippen LogP contribution < -0.4 is 10.9 Å². The summed E-state index contributed by atoms with van der Waals surface area (Å²) in [5.41, 5.74) is 3.94. The van der Waals surface area contributed by atoms with Gasteiger partial charge in [0, 0.05) is 18.6 Å². The highest BCUT2D eigenvalue weighted by molar-refractivity contribution is 6.51. The van der Waals surface area contributed by atoms with Crippen LogP contribution in [0.4, 0.5) is 0 Å². The molecule has 0 saturated carbocycles. The maximum absolute atomic E-state index is 4.22. The highest BCUT2D eigenvalue weighted by Crippen LogP contribution is 1.96. The van der Waals surface area contributed by atoms with Crippen LogP contribution in [0.5, 0.6) is 0 Å². The van der Waals surface area contributed by atoms with Gasteiger partial charge in [-0.1, -0.05) is 10.9 Å². The molecule has 2 rings (SSSR count). The maximum Gasteiger partial charge on any atom is 0.177 e. The van der Waals surface area contributed by atoms with Gasteiger partial charge in [0.1, 0.15) is 21.2 Å². The van der Waals surface area contributed by atoms with Crippen molar-refractivity contribution in [1.29, 1.82) is 0 Å². The largest absolute Gasteiger partial charge is 0.252 e. The van der Waals surface area contributed by atoms with E-state index in [0.717, 1.165) is 22.1 Å². The average molecular weight is 155 g/mol. The van der Waals surface area contributed by atoms with E-state index in [1.165, 1.54) is 0 Å². The van der Waals surface area contributed by atoms with Crippen LogP contribution in [0.15, 0.2) is 18.6 Å². The summed E-state index contributed by atoms with van der Waals surface area (Å²) >= 11 is 0. The first kappa shape index (κ1) is 7.28. The molecule has 0 aliphatic carbocycles. The van der Waals surface area contributed by atoms with Crippen molar-refractivity contribution < 1.29 is 0 Å². The first-order valence-electron chi connectivity index (χ1n) is 3.82. The van der Waals surface area contributed by atoms with Gasteiger partial charge in [0.15, 0.2) is 5.65 Å². The average Bonchev–Trinajstić information content (AvgIpc) is 2.12. The van der Waals surface area contributed by atoms with Crippen molar-refractivity contribution >= 4 is 37.8 Å². The molecule has 0 unspecified atom stereocenters. The zero-order chi connectivity index (χ0) is 8.55. The van der Waals surface area contributed by atoms with Gasteiger partial charge in [0.05, 0.1) is 0 Å². The molecule has 2 aromatic rings. The summed E-state index contributed by atoms with van der Waals surface area (Å²) < 4.78 is 0. The summed E-state index contributed by atoms with van der Waals surface area (Å²) in [4.78, 5) is 12.5. The molecule has 0 atom stereocenters. The molecule has 0 bridgehead atoms. The first-order chi connectivity index (χ1) is 5.79.